The summed E-state index contributed by atoms with van der Waals surface area (Å²) in [5, 5.41) is 17.6. The van der Waals surface area contributed by atoms with Crippen molar-refractivity contribution in [2.45, 2.75) is 23.6 Å². The van der Waals surface area contributed by atoms with Crippen LogP contribution in [-0.2, 0) is 20.2 Å². The number of aromatic hydroxyl groups is 1. The minimum atomic E-state index is -4.94. The molecule has 3 N–H and O–H groups in total. The predicted molar refractivity (Wildman–Crippen MR) is 105 cm³/mol. The van der Waals surface area contributed by atoms with Gasteiger partial charge < -0.3 is 5.11 Å². The molecular weight excluding hydrogens is 420 g/mol. The van der Waals surface area contributed by atoms with Crippen molar-refractivity contribution in [3.05, 3.63) is 53.6 Å². The first-order chi connectivity index (χ1) is 13.4. The third-order valence-corrected chi connectivity index (χ3v) is 5.99. The number of hydrogen-bond acceptors (Lipinski definition) is 7. The summed E-state index contributed by atoms with van der Waals surface area (Å²) < 4.78 is 66.1. The molecule has 29 heavy (non-hydrogen) atoms. The number of rotatable bonds is 4. The minimum Gasteiger partial charge on any atom is -0.505 e. The Morgan fingerprint density at radius 3 is 2.00 bits per heavy atom. The van der Waals surface area contributed by atoms with Crippen molar-refractivity contribution >= 4 is 42.4 Å². The molecule has 9 nitrogen and oxygen atoms in total. The van der Waals surface area contributed by atoms with Crippen LogP contribution in [0.25, 0.3) is 10.8 Å². The van der Waals surface area contributed by atoms with Gasteiger partial charge in [-0.3, -0.25) is 9.11 Å². The summed E-state index contributed by atoms with van der Waals surface area (Å²) in [6.07, 6.45) is 0. The maximum atomic E-state index is 11.9. The average Bonchev–Trinajstić information content (AvgIpc) is 2.60. The van der Waals surface area contributed by atoms with Crippen molar-refractivity contribution in [3.8, 4) is 5.75 Å². The second-order valence-corrected chi connectivity index (χ2v) is 9.14. The highest BCUT2D eigenvalue weighted by atomic mass is 32.2. The largest absolute Gasteiger partial charge is 0.505 e. The SMILES string of the molecule is Cc1ccc(N=Nc2cc(S(=O)(=O)O)c3c(S(=O)(=O)O)cccc3c2O)c(C)c1. The molecular formula is C18H16N2O7S2. The molecule has 0 radical (unpaired) electrons. The molecule has 0 fully saturated rings. The Bertz CT molecular complexity index is 1380. The van der Waals surface area contributed by atoms with Gasteiger partial charge in [0.1, 0.15) is 15.5 Å². The van der Waals surface area contributed by atoms with E-state index in [0.29, 0.717) is 5.69 Å². The maximum Gasteiger partial charge on any atom is 0.295 e. The van der Waals surface area contributed by atoms with Gasteiger partial charge in [0, 0.05) is 10.8 Å². The zero-order valence-corrected chi connectivity index (χ0v) is 16.9. The lowest BCUT2D eigenvalue weighted by Crippen LogP contribution is -2.05. The first-order valence-corrected chi connectivity index (χ1v) is 11.0. The van der Waals surface area contributed by atoms with Crippen molar-refractivity contribution in [2.24, 2.45) is 10.2 Å². The first kappa shape index (κ1) is 20.9. The van der Waals surface area contributed by atoms with Crippen molar-refractivity contribution in [3.63, 3.8) is 0 Å². The molecule has 0 atom stereocenters. The molecule has 0 aliphatic carbocycles. The molecule has 0 heterocycles. The Balaban J connectivity index is 2.34. The number of phenols is 1. The zero-order valence-electron chi connectivity index (χ0n) is 15.2. The van der Waals surface area contributed by atoms with Gasteiger partial charge in [0.15, 0.2) is 5.75 Å². The Morgan fingerprint density at radius 1 is 0.793 bits per heavy atom. The van der Waals surface area contributed by atoms with Crippen LogP contribution in [0.2, 0.25) is 0 Å². The van der Waals surface area contributed by atoms with E-state index in [1.165, 1.54) is 12.1 Å². The minimum absolute atomic E-state index is 0.246. The van der Waals surface area contributed by atoms with Gasteiger partial charge in [-0.2, -0.15) is 21.9 Å². The summed E-state index contributed by atoms with van der Waals surface area (Å²) in [4.78, 5) is -1.62. The maximum absolute atomic E-state index is 11.9. The van der Waals surface area contributed by atoms with E-state index >= 15 is 0 Å². The second kappa shape index (κ2) is 7.19. The fraction of sp³-hybridized carbons (Fsp3) is 0.111. The molecule has 152 valence electrons. The molecule has 11 heteroatoms. The third-order valence-electron chi connectivity index (χ3n) is 4.21. The lowest BCUT2D eigenvalue weighted by Gasteiger charge is -2.11. The van der Waals surface area contributed by atoms with Gasteiger partial charge in [-0.1, -0.05) is 29.8 Å². The van der Waals surface area contributed by atoms with E-state index in [0.717, 1.165) is 23.3 Å². The van der Waals surface area contributed by atoms with Crippen LogP contribution >= 0.6 is 0 Å². The normalized spacial score (nSPS) is 12.7. The number of phenolic OH excluding ortho intramolecular Hbond substituents is 1. The second-order valence-electron chi connectivity index (χ2n) is 6.36. The molecule has 0 spiro atoms. The van der Waals surface area contributed by atoms with Crippen molar-refractivity contribution in [1.82, 2.24) is 0 Å². The van der Waals surface area contributed by atoms with Gasteiger partial charge in [0.25, 0.3) is 20.2 Å². The number of hydrogen-bond donors (Lipinski definition) is 3. The Kier molecular flexibility index (Phi) is 5.17. The predicted octanol–water partition coefficient (Wildman–Crippen LogP) is 4.07. The molecule has 0 aromatic heterocycles. The van der Waals surface area contributed by atoms with Crippen LogP contribution in [-0.4, -0.2) is 31.0 Å². The highest BCUT2D eigenvalue weighted by molar-refractivity contribution is 7.87. The molecule has 0 unspecified atom stereocenters. The van der Waals surface area contributed by atoms with Crippen LogP contribution < -0.4 is 0 Å². The molecule has 3 rings (SSSR count). The average molecular weight is 436 g/mol. The first-order valence-electron chi connectivity index (χ1n) is 8.12. The van der Waals surface area contributed by atoms with Crippen LogP contribution in [0, 0.1) is 13.8 Å². The summed E-state index contributed by atoms with van der Waals surface area (Å²) in [6, 6.07) is 9.50. The highest BCUT2D eigenvalue weighted by Crippen LogP contribution is 2.42. The van der Waals surface area contributed by atoms with Crippen LogP contribution in [0.5, 0.6) is 5.75 Å². The molecule has 3 aromatic carbocycles. The Morgan fingerprint density at radius 2 is 1.41 bits per heavy atom. The van der Waals surface area contributed by atoms with Crippen LogP contribution in [0.4, 0.5) is 11.4 Å². The zero-order chi connectivity index (χ0) is 21.6. The van der Waals surface area contributed by atoms with Crippen LogP contribution in [0.3, 0.4) is 0 Å². The third kappa shape index (κ3) is 4.12. The quantitative estimate of drug-likeness (QED) is 0.411. The molecule has 0 aliphatic rings. The van der Waals surface area contributed by atoms with E-state index in [-0.39, 0.29) is 11.1 Å². The lowest BCUT2D eigenvalue weighted by atomic mass is 10.1. The van der Waals surface area contributed by atoms with E-state index in [1.807, 2.05) is 13.0 Å². The topological polar surface area (TPSA) is 154 Å². The molecule has 0 saturated carbocycles. The van der Waals surface area contributed by atoms with E-state index in [4.69, 9.17) is 0 Å². The number of azo groups is 1. The molecule has 0 amide bonds. The summed E-state index contributed by atoms with van der Waals surface area (Å²) in [7, 11) is -9.78. The fourth-order valence-corrected chi connectivity index (χ4v) is 4.44. The van der Waals surface area contributed by atoms with Gasteiger partial charge in [0.05, 0.1) is 5.69 Å². The summed E-state index contributed by atoms with van der Waals surface area (Å²) in [5.41, 5.74) is 1.95. The van der Waals surface area contributed by atoms with Crippen molar-refractivity contribution in [1.29, 1.82) is 0 Å². The van der Waals surface area contributed by atoms with Gasteiger partial charge in [-0.25, -0.2) is 0 Å². The van der Waals surface area contributed by atoms with E-state index < -0.39 is 41.2 Å². The fourth-order valence-electron chi connectivity index (χ4n) is 2.91. The monoisotopic (exact) mass is 436 g/mol. The van der Waals surface area contributed by atoms with E-state index in [2.05, 4.69) is 10.2 Å². The molecule has 0 bridgehead atoms. The molecule has 3 aromatic rings. The van der Waals surface area contributed by atoms with E-state index in [1.54, 1.807) is 19.1 Å². The number of nitrogens with zero attached hydrogens (tertiary/aromatic N) is 2. The van der Waals surface area contributed by atoms with Gasteiger partial charge in [-0.05, 0) is 37.6 Å². The summed E-state index contributed by atoms with van der Waals surface area (Å²) in [5.74, 6) is -0.564. The highest BCUT2D eigenvalue weighted by Gasteiger charge is 2.26. The Hall–Kier alpha value is -2.86. The van der Waals surface area contributed by atoms with Crippen LogP contribution in [0.15, 0.2) is 62.5 Å². The number of aryl methyl sites for hydroxylation is 2. The summed E-state index contributed by atoms with van der Waals surface area (Å²) in [6.45, 7) is 3.69. The smallest absolute Gasteiger partial charge is 0.295 e. The number of fused-ring (bicyclic) bond motifs is 1. The lowest BCUT2D eigenvalue weighted by molar-refractivity contribution is 0.479. The van der Waals surface area contributed by atoms with Crippen molar-refractivity contribution < 1.29 is 31.0 Å². The molecule has 0 saturated heterocycles. The molecule has 0 aliphatic heterocycles. The van der Waals surface area contributed by atoms with Gasteiger partial charge in [-0.15, -0.1) is 5.11 Å². The van der Waals surface area contributed by atoms with E-state index in [9.17, 15) is 31.0 Å². The Labute approximate surface area is 166 Å². The van der Waals surface area contributed by atoms with Crippen molar-refractivity contribution in [2.75, 3.05) is 0 Å². The van der Waals surface area contributed by atoms with Gasteiger partial charge in [0.2, 0.25) is 0 Å². The van der Waals surface area contributed by atoms with Gasteiger partial charge >= 0.3 is 0 Å². The number of benzene rings is 3. The summed E-state index contributed by atoms with van der Waals surface area (Å²) >= 11 is 0. The van der Waals surface area contributed by atoms with Crippen LogP contribution in [0.1, 0.15) is 11.1 Å². The standard InChI is InChI=1S/C18H16N2O7S2/c1-10-6-7-13(11(2)8-10)19-20-14-9-16(29(25,26)27)17-12(18(14)21)4-3-5-15(17)28(22,23)24/h3-9,21H,1-2H3,(H,22,23,24)(H,25,26,27).